The van der Waals surface area contributed by atoms with Crippen LogP contribution in [0.2, 0.25) is 0 Å². The molecule has 2 rings (SSSR count). The largest absolute Gasteiger partial charge is 0.350 e. The van der Waals surface area contributed by atoms with E-state index in [9.17, 15) is 17.6 Å². The zero-order valence-electron chi connectivity index (χ0n) is 13.0. The lowest BCUT2D eigenvalue weighted by atomic mass is 10.1. The SMILES string of the molecule is CCS(=O)(=O)N1CCC(NC(=O)/C=C/c2ccc(F)cc2)CC1. The first-order valence-electron chi connectivity index (χ1n) is 7.62. The Hall–Kier alpha value is -1.73. The normalized spacial score (nSPS) is 17.5. The molecule has 7 heteroatoms. The number of hydrogen-bond donors (Lipinski definition) is 1. The predicted octanol–water partition coefficient (Wildman–Crippen LogP) is 1.77. The third-order valence-electron chi connectivity index (χ3n) is 3.86. The molecule has 1 aromatic rings. The van der Waals surface area contributed by atoms with Crippen LogP contribution in [-0.2, 0) is 14.8 Å². The second-order valence-electron chi connectivity index (χ2n) is 5.47. The van der Waals surface area contributed by atoms with Crippen LogP contribution in [0, 0.1) is 5.82 Å². The van der Waals surface area contributed by atoms with Crippen LogP contribution in [0.3, 0.4) is 0 Å². The van der Waals surface area contributed by atoms with Crippen molar-refractivity contribution < 1.29 is 17.6 Å². The van der Waals surface area contributed by atoms with Crippen molar-refractivity contribution in [2.75, 3.05) is 18.8 Å². The summed E-state index contributed by atoms with van der Waals surface area (Å²) in [7, 11) is -3.15. The van der Waals surface area contributed by atoms with Crippen LogP contribution in [0.4, 0.5) is 4.39 Å². The number of nitrogens with zero attached hydrogens (tertiary/aromatic N) is 1. The summed E-state index contributed by atoms with van der Waals surface area (Å²) in [6.45, 7) is 2.50. The van der Waals surface area contributed by atoms with Gasteiger partial charge in [0.25, 0.3) is 0 Å². The Labute approximate surface area is 136 Å². The summed E-state index contributed by atoms with van der Waals surface area (Å²) >= 11 is 0. The lowest BCUT2D eigenvalue weighted by Gasteiger charge is -2.31. The molecule has 0 atom stereocenters. The maximum atomic E-state index is 12.8. The second-order valence-corrected chi connectivity index (χ2v) is 7.72. The molecule has 5 nitrogen and oxygen atoms in total. The average Bonchev–Trinajstić information content (AvgIpc) is 2.55. The van der Waals surface area contributed by atoms with Crippen LogP contribution in [-0.4, -0.2) is 43.5 Å². The highest BCUT2D eigenvalue weighted by atomic mass is 32.2. The van der Waals surface area contributed by atoms with Gasteiger partial charge in [-0.25, -0.2) is 17.1 Å². The highest BCUT2D eigenvalue weighted by Gasteiger charge is 2.26. The highest BCUT2D eigenvalue weighted by molar-refractivity contribution is 7.89. The molecule has 0 aliphatic carbocycles. The average molecular weight is 340 g/mol. The van der Waals surface area contributed by atoms with Gasteiger partial charge in [-0.05, 0) is 43.5 Å². The first kappa shape index (κ1) is 17.6. The van der Waals surface area contributed by atoms with Crippen LogP contribution < -0.4 is 5.32 Å². The number of carbonyl (C=O) groups excluding carboxylic acids is 1. The van der Waals surface area contributed by atoms with Gasteiger partial charge in [0.05, 0.1) is 5.75 Å². The molecule has 0 spiro atoms. The van der Waals surface area contributed by atoms with Crippen LogP contribution in [0.15, 0.2) is 30.3 Å². The molecule has 0 radical (unpaired) electrons. The zero-order valence-corrected chi connectivity index (χ0v) is 13.9. The van der Waals surface area contributed by atoms with Crippen molar-refractivity contribution in [1.82, 2.24) is 9.62 Å². The van der Waals surface area contributed by atoms with Crippen LogP contribution in [0.5, 0.6) is 0 Å². The van der Waals surface area contributed by atoms with Crippen molar-refractivity contribution >= 4 is 22.0 Å². The highest BCUT2D eigenvalue weighted by Crippen LogP contribution is 2.14. The quantitative estimate of drug-likeness (QED) is 0.831. The molecule has 1 aliphatic rings. The van der Waals surface area contributed by atoms with E-state index in [2.05, 4.69) is 5.32 Å². The molecule has 1 heterocycles. The van der Waals surface area contributed by atoms with E-state index in [0.717, 1.165) is 5.56 Å². The lowest BCUT2D eigenvalue weighted by molar-refractivity contribution is -0.117. The van der Waals surface area contributed by atoms with Crippen molar-refractivity contribution in [3.05, 3.63) is 41.7 Å². The lowest BCUT2D eigenvalue weighted by Crippen LogP contribution is -2.46. The number of nitrogens with one attached hydrogen (secondary N) is 1. The van der Waals surface area contributed by atoms with Crippen molar-refractivity contribution in [3.8, 4) is 0 Å². The number of benzene rings is 1. The molecule has 23 heavy (non-hydrogen) atoms. The summed E-state index contributed by atoms with van der Waals surface area (Å²) in [6.07, 6.45) is 4.23. The smallest absolute Gasteiger partial charge is 0.244 e. The minimum Gasteiger partial charge on any atom is -0.350 e. The molecular formula is C16H21FN2O3S. The van der Waals surface area contributed by atoms with E-state index in [1.165, 1.54) is 22.5 Å². The Morgan fingerprint density at radius 1 is 1.30 bits per heavy atom. The van der Waals surface area contributed by atoms with Gasteiger partial charge >= 0.3 is 0 Å². The van der Waals surface area contributed by atoms with E-state index in [1.807, 2.05) is 0 Å². The van der Waals surface area contributed by atoms with E-state index in [-0.39, 0.29) is 23.5 Å². The molecular weight excluding hydrogens is 319 g/mol. The van der Waals surface area contributed by atoms with Crippen molar-refractivity contribution in [1.29, 1.82) is 0 Å². The minimum atomic E-state index is -3.15. The van der Waals surface area contributed by atoms with Gasteiger partial charge in [0.15, 0.2) is 0 Å². The minimum absolute atomic E-state index is 0.0244. The summed E-state index contributed by atoms with van der Waals surface area (Å²) in [5.41, 5.74) is 0.741. The maximum Gasteiger partial charge on any atom is 0.244 e. The Bertz CT molecular complexity index is 663. The summed E-state index contributed by atoms with van der Waals surface area (Å²) in [5.74, 6) is -0.448. The number of amides is 1. The van der Waals surface area contributed by atoms with Gasteiger partial charge in [-0.1, -0.05) is 12.1 Å². The number of halogens is 1. The molecule has 126 valence electrons. The third kappa shape index (κ3) is 5.14. The number of sulfonamides is 1. The number of rotatable bonds is 5. The summed E-state index contributed by atoms with van der Waals surface area (Å²) < 4.78 is 37.8. The van der Waals surface area contributed by atoms with E-state index in [0.29, 0.717) is 25.9 Å². The van der Waals surface area contributed by atoms with Gasteiger partial charge < -0.3 is 5.32 Å². The molecule has 1 aromatic carbocycles. The molecule has 1 fully saturated rings. The second kappa shape index (κ2) is 7.70. The van der Waals surface area contributed by atoms with E-state index >= 15 is 0 Å². The number of carbonyl (C=O) groups is 1. The van der Waals surface area contributed by atoms with E-state index in [1.54, 1.807) is 25.1 Å². The molecule has 1 saturated heterocycles. The molecule has 1 N–H and O–H groups in total. The monoisotopic (exact) mass is 340 g/mol. The first-order chi connectivity index (χ1) is 10.9. The van der Waals surface area contributed by atoms with Gasteiger partial charge in [0.1, 0.15) is 5.82 Å². The third-order valence-corrected chi connectivity index (χ3v) is 5.74. The van der Waals surface area contributed by atoms with Crippen molar-refractivity contribution in [2.45, 2.75) is 25.8 Å². The molecule has 0 unspecified atom stereocenters. The van der Waals surface area contributed by atoms with Gasteiger partial charge in [0.2, 0.25) is 15.9 Å². The van der Waals surface area contributed by atoms with Crippen LogP contribution in [0.25, 0.3) is 6.08 Å². The van der Waals surface area contributed by atoms with Gasteiger partial charge in [-0.2, -0.15) is 0 Å². The van der Waals surface area contributed by atoms with Crippen molar-refractivity contribution in [2.24, 2.45) is 0 Å². The molecule has 0 saturated carbocycles. The van der Waals surface area contributed by atoms with Crippen LogP contribution >= 0.6 is 0 Å². The first-order valence-corrected chi connectivity index (χ1v) is 9.23. The van der Waals surface area contributed by atoms with Crippen LogP contribution in [0.1, 0.15) is 25.3 Å². The molecule has 1 aliphatic heterocycles. The fourth-order valence-corrected chi connectivity index (χ4v) is 3.59. The fourth-order valence-electron chi connectivity index (χ4n) is 2.46. The number of hydrogen-bond acceptors (Lipinski definition) is 3. The van der Waals surface area contributed by atoms with Crippen molar-refractivity contribution in [3.63, 3.8) is 0 Å². The fraction of sp³-hybridized carbons (Fsp3) is 0.438. The zero-order chi connectivity index (χ0) is 16.9. The van der Waals surface area contributed by atoms with Gasteiger partial charge in [-0.15, -0.1) is 0 Å². The summed E-state index contributed by atoms with van der Waals surface area (Å²) in [5, 5.41) is 2.87. The summed E-state index contributed by atoms with van der Waals surface area (Å²) in [6, 6.07) is 5.83. The summed E-state index contributed by atoms with van der Waals surface area (Å²) in [4.78, 5) is 11.9. The Kier molecular flexibility index (Phi) is 5.90. The van der Waals surface area contributed by atoms with Gasteiger partial charge in [0, 0.05) is 25.2 Å². The Morgan fingerprint density at radius 3 is 2.48 bits per heavy atom. The maximum absolute atomic E-state index is 12.8. The van der Waals surface area contributed by atoms with E-state index < -0.39 is 10.0 Å². The predicted molar refractivity (Wildman–Crippen MR) is 87.6 cm³/mol. The molecule has 0 aromatic heterocycles. The van der Waals surface area contributed by atoms with E-state index in [4.69, 9.17) is 0 Å². The van der Waals surface area contributed by atoms with Gasteiger partial charge in [-0.3, -0.25) is 4.79 Å². The number of piperidine rings is 1. The standard InChI is InChI=1S/C16H21FN2O3S/c1-2-23(21,22)19-11-9-15(10-12-19)18-16(20)8-5-13-3-6-14(17)7-4-13/h3-8,15H,2,9-12H2,1H3,(H,18,20)/b8-5+. The Morgan fingerprint density at radius 2 is 1.91 bits per heavy atom. The molecule has 1 amide bonds. The Balaban J connectivity index is 1.82. The molecule has 0 bridgehead atoms. The topological polar surface area (TPSA) is 66.5 Å².